The number of rotatable bonds is 3. The maximum absolute atomic E-state index is 6.04. The third kappa shape index (κ3) is 2.51. The molecule has 3 N–H and O–H groups in total. The Morgan fingerprint density at radius 3 is 2.65 bits per heavy atom. The third-order valence-electron chi connectivity index (χ3n) is 3.29. The maximum Gasteiger partial charge on any atom is 0.0725 e. The van der Waals surface area contributed by atoms with Gasteiger partial charge in [0.2, 0.25) is 0 Å². The van der Waals surface area contributed by atoms with E-state index in [4.69, 9.17) is 17.4 Å². The van der Waals surface area contributed by atoms with Crippen LogP contribution >= 0.6 is 11.6 Å². The number of aromatic nitrogens is 1. The van der Waals surface area contributed by atoms with Crippen LogP contribution in [0.4, 0.5) is 0 Å². The lowest BCUT2D eigenvalue weighted by atomic mass is 9.99. The van der Waals surface area contributed by atoms with Gasteiger partial charge in [-0.3, -0.25) is 10.8 Å². The molecule has 0 spiro atoms. The summed E-state index contributed by atoms with van der Waals surface area (Å²) in [6.07, 6.45) is 1.84. The van der Waals surface area contributed by atoms with Crippen molar-refractivity contribution >= 4 is 22.5 Å². The zero-order valence-corrected chi connectivity index (χ0v) is 11.5. The van der Waals surface area contributed by atoms with Crippen LogP contribution in [-0.2, 0) is 0 Å². The molecule has 1 atom stereocenters. The Hall–Kier alpha value is -1.94. The van der Waals surface area contributed by atoms with Crippen molar-refractivity contribution in [3.05, 3.63) is 76.9 Å². The second-order valence-corrected chi connectivity index (χ2v) is 5.05. The van der Waals surface area contributed by atoms with Crippen LogP contribution in [0.5, 0.6) is 0 Å². The largest absolute Gasteiger partial charge is 0.271 e. The molecule has 0 aliphatic carbocycles. The molecule has 0 bridgehead atoms. The molecule has 0 saturated heterocycles. The highest BCUT2D eigenvalue weighted by Gasteiger charge is 2.13. The normalized spacial score (nSPS) is 12.5. The number of nitrogens with one attached hydrogen (secondary N) is 1. The minimum Gasteiger partial charge on any atom is -0.271 e. The quantitative estimate of drug-likeness (QED) is 0.572. The van der Waals surface area contributed by atoms with Crippen LogP contribution in [0.15, 0.2) is 60.8 Å². The molecule has 1 aromatic heterocycles. The summed E-state index contributed by atoms with van der Waals surface area (Å²) in [6, 6.07) is 17.6. The molecule has 4 heteroatoms. The molecule has 0 aliphatic heterocycles. The first-order chi connectivity index (χ1) is 9.78. The molecule has 100 valence electrons. The molecule has 0 amide bonds. The van der Waals surface area contributed by atoms with Crippen molar-refractivity contribution < 1.29 is 0 Å². The topological polar surface area (TPSA) is 50.9 Å². The van der Waals surface area contributed by atoms with Gasteiger partial charge in [-0.25, -0.2) is 5.43 Å². The lowest BCUT2D eigenvalue weighted by molar-refractivity contribution is 0.636. The van der Waals surface area contributed by atoms with Crippen molar-refractivity contribution in [3.63, 3.8) is 0 Å². The van der Waals surface area contributed by atoms with Crippen LogP contribution in [0.1, 0.15) is 17.2 Å². The Kier molecular flexibility index (Phi) is 3.65. The smallest absolute Gasteiger partial charge is 0.0725 e. The van der Waals surface area contributed by atoms with E-state index in [0.29, 0.717) is 5.02 Å². The first-order valence-corrected chi connectivity index (χ1v) is 6.72. The van der Waals surface area contributed by atoms with E-state index in [1.807, 2.05) is 54.7 Å². The molecular formula is C16H14ClN3. The highest BCUT2D eigenvalue weighted by Crippen LogP contribution is 2.25. The van der Waals surface area contributed by atoms with Crippen molar-refractivity contribution in [1.82, 2.24) is 10.4 Å². The second-order valence-electron chi connectivity index (χ2n) is 4.62. The Balaban J connectivity index is 2.07. The van der Waals surface area contributed by atoms with E-state index in [1.165, 1.54) is 0 Å². The number of hydrogen-bond acceptors (Lipinski definition) is 3. The predicted octanol–water partition coefficient (Wildman–Crippen LogP) is 3.44. The fourth-order valence-electron chi connectivity index (χ4n) is 2.32. The van der Waals surface area contributed by atoms with Crippen molar-refractivity contribution in [3.8, 4) is 0 Å². The summed E-state index contributed by atoms with van der Waals surface area (Å²) in [6.45, 7) is 0. The fraction of sp³-hybridized carbons (Fsp3) is 0.0625. The summed E-state index contributed by atoms with van der Waals surface area (Å²) in [5.74, 6) is 5.71. The molecule has 0 aliphatic rings. The SMILES string of the molecule is NNC(c1cccc(Cl)c1)c1cnc2ccccc2c1. The molecule has 2 aromatic carbocycles. The third-order valence-corrected chi connectivity index (χ3v) is 3.53. The molecular weight excluding hydrogens is 270 g/mol. The zero-order valence-electron chi connectivity index (χ0n) is 10.8. The first kappa shape index (κ1) is 13.1. The zero-order chi connectivity index (χ0) is 13.9. The van der Waals surface area contributed by atoms with Gasteiger partial charge in [0.05, 0.1) is 11.6 Å². The minimum atomic E-state index is -0.134. The van der Waals surface area contributed by atoms with Crippen LogP contribution in [-0.4, -0.2) is 4.98 Å². The molecule has 0 saturated carbocycles. The number of nitrogens with two attached hydrogens (primary N) is 1. The van der Waals surface area contributed by atoms with E-state index in [0.717, 1.165) is 22.0 Å². The molecule has 3 nitrogen and oxygen atoms in total. The van der Waals surface area contributed by atoms with Crippen LogP contribution in [0.2, 0.25) is 5.02 Å². The van der Waals surface area contributed by atoms with Crippen LogP contribution in [0.25, 0.3) is 10.9 Å². The van der Waals surface area contributed by atoms with E-state index in [-0.39, 0.29) is 6.04 Å². The molecule has 1 unspecified atom stereocenters. The second kappa shape index (κ2) is 5.59. The molecule has 3 rings (SSSR count). The van der Waals surface area contributed by atoms with E-state index < -0.39 is 0 Å². The van der Waals surface area contributed by atoms with E-state index in [1.54, 1.807) is 0 Å². The number of pyridine rings is 1. The number of para-hydroxylation sites is 1. The van der Waals surface area contributed by atoms with Crippen molar-refractivity contribution in [2.75, 3.05) is 0 Å². The number of nitrogens with zero attached hydrogens (tertiary/aromatic N) is 1. The van der Waals surface area contributed by atoms with Crippen LogP contribution in [0, 0.1) is 0 Å². The highest BCUT2D eigenvalue weighted by atomic mass is 35.5. The summed E-state index contributed by atoms with van der Waals surface area (Å²) in [5, 5.41) is 1.78. The Bertz CT molecular complexity index is 742. The van der Waals surface area contributed by atoms with Crippen LogP contribution < -0.4 is 11.3 Å². The summed E-state index contributed by atoms with van der Waals surface area (Å²) in [5.41, 5.74) is 5.82. The van der Waals surface area contributed by atoms with E-state index in [9.17, 15) is 0 Å². The van der Waals surface area contributed by atoms with E-state index in [2.05, 4.69) is 16.5 Å². The van der Waals surface area contributed by atoms with Gasteiger partial charge in [0.25, 0.3) is 0 Å². The molecule has 3 aromatic rings. The van der Waals surface area contributed by atoms with Gasteiger partial charge in [-0.1, -0.05) is 41.9 Å². The number of hydrazine groups is 1. The lowest BCUT2D eigenvalue weighted by Gasteiger charge is -2.17. The predicted molar refractivity (Wildman–Crippen MR) is 82.4 cm³/mol. The van der Waals surface area contributed by atoms with Gasteiger partial charge >= 0.3 is 0 Å². The number of hydrogen-bond donors (Lipinski definition) is 2. The Labute approximate surface area is 122 Å². The summed E-state index contributed by atoms with van der Waals surface area (Å²) < 4.78 is 0. The molecule has 0 fully saturated rings. The molecule has 0 radical (unpaired) electrons. The fourth-order valence-corrected chi connectivity index (χ4v) is 2.52. The van der Waals surface area contributed by atoms with Crippen molar-refractivity contribution in [1.29, 1.82) is 0 Å². The number of fused-ring (bicyclic) bond motifs is 1. The van der Waals surface area contributed by atoms with Crippen LogP contribution in [0.3, 0.4) is 0 Å². The van der Waals surface area contributed by atoms with Crippen molar-refractivity contribution in [2.45, 2.75) is 6.04 Å². The van der Waals surface area contributed by atoms with Gasteiger partial charge in [-0.05, 0) is 35.4 Å². The highest BCUT2D eigenvalue weighted by molar-refractivity contribution is 6.30. The van der Waals surface area contributed by atoms with Gasteiger partial charge in [0.15, 0.2) is 0 Å². The monoisotopic (exact) mass is 283 g/mol. The lowest BCUT2D eigenvalue weighted by Crippen LogP contribution is -2.28. The van der Waals surface area contributed by atoms with Gasteiger partial charge < -0.3 is 0 Å². The van der Waals surface area contributed by atoms with Gasteiger partial charge in [-0.2, -0.15) is 0 Å². The number of halogens is 1. The van der Waals surface area contributed by atoms with E-state index >= 15 is 0 Å². The first-order valence-electron chi connectivity index (χ1n) is 6.34. The summed E-state index contributed by atoms with van der Waals surface area (Å²) in [7, 11) is 0. The average molecular weight is 284 g/mol. The van der Waals surface area contributed by atoms with Crippen molar-refractivity contribution in [2.24, 2.45) is 5.84 Å². The molecule has 20 heavy (non-hydrogen) atoms. The maximum atomic E-state index is 6.04. The average Bonchev–Trinajstić information content (AvgIpc) is 2.48. The summed E-state index contributed by atoms with van der Waals surface area (Å²) in [4.78, 5) is 4.47. The van der Waals surface area contributed by atoms with Gasteiger partial charge in [-0.15, -0.1) is 0 Å². The molecule has 1 heterocycles. The minimum absolute atomic E-state index is 0.134. The standard InChI is InChI=1S/C16H14ClN3/c17-14-6-3-5-12(9-14)16(20-18)13-8-11-4-1-2-7-15(11)19-10-13/h1-10,16,20H,18H2. The number of benzene rings is 2. The summed E-state index contributed by atoms with van der Waals surface area (Å²) >= 11 is 6.04. The Morgan fingerprint density at radius 1 is 1.00 bits per heavy atom. The van der Waals surface area contributed by atoms with Gasteiger partial charge in [0.1, 0.15) is 0 Å². The van der Waals surface area contributed by atoms with Gasteiger partial charge in [0, 0.05) is 16.6 Å². The Morgan fingerprint density at radius 2 is 1.85 bits per heavy atom.